The number of amides is 1. The van der Waals surface area contributed by atoms with E-state index in [1.165, 1.54) is 11.3 Å². The van der Waals surface area contributed by atoms with Gasteiger partial charge in [-0.1, -0.05) is 6.07 Å². The first-order chi connectivity index (χ1) is 10.7. The summed E-state index contributed by atoms with van der Waals surface area (Å²) in [5.41, 5.74) is 6.81. The van der Waals surface area contributed by atoms with E-state index in [2.05, 4.69) is 10.3 Å². The summed E-state index contributed by atoms with van der Waals surface area (Å²) in [6, 6.07) is 5.56. The molecule has 7 heteroatoms. The number of methoxy groups -OCH3 is 1. The number of nitrogens with one attached hydrogen (secondary N) is 1. The number of hydrogen-bond acceptors (Lipinski definition) is 6. The van der Waals surface area contributed by atoms with Gasteiger partial charge in [-0.25, -0.2) is 4.98 Å². The number of hydrogen-bond donors (Lipinski definition) is 2. The Hall–Kier alpha value is -2.12. The van der Waals surface area contributed by atoms with Crippen LogP contribution < -0.4 is 20.5 Å². The normalized spacial score (nSPS) is 10.3. The molecule has 1 aromatic heterocycles. The lowest BCUT2D eigenvalue weighted by atomic mass is 10.2. The second kappa shape index (κ2) is 7.77. The molecule has 0 saturated carbocycles. The number of nitrogens with two attached hydrogens (primary N) is 1. The van der Waals surface area contributed by atoms with E-state index in [-0.39, 0.29) is 5.91 Å². The SMILES string of the molecule is CCOc1cc(CNC(=O)c2csc(CN)n2)ccc1OC. The van der Waals surface area contributed by atoms with Crippen molar-refractivity contribution in [3.63, 3.8) is 0 Å². The minimum absolute atomic E-state index is 0.218. The largest absolute Gasteiger partial charge is 0.493 e. The van der Waals surface area contributed by atoms with Gasteiger partial charge in [-0.3, -0.25) is 4.79 Å². The van der Waals surface area contributed by atoms with Gasteiger partial charge in [0.1, 0.15) is 10.7 Å². The van der Waals surface area contributed by atoms with Gasteiger partial charge < -0.3 is 20.5 Å². The first kappa shape index (κ1) is 16.3. The average Bonchev–Trinajstić information content (AvgIpc) is 3.02. The summed E-state index contributed by atoms with van der Waals surface area (Å²) >= 11 is 1.38. The molecule has 0 bridgehead atoms. The molecule has 0 unspecified atom stereocenters. The quantitative estimate of drug-likeness (QED) is 0.814. The highest BCUT2D eigenvalue weighted by atomic mass is 32.1. The average molecular weight is 321 g/mol. The third-order valence-corrected chi connectivity index (χ3v) is 3.81. The zero-order valence-electron chi connectivity index (χ0n) is 12.6. The first-order valence-electron chi connectivity index (χ1n) is 6.90. The van der Waals surface area contributed by atoms with Crippen molar-refractivity contribution in [3.05, 3.63) is 39.8 Å². The van der Waals surface area contributed by atoms with Crippen LogP contribution in [-0.2, 0) is 13.1 Å². The molecule has 2 aromatic rings. The minimum atomic E-state index is -0.218. The van der Waals surface area contributed by atoms with Gasteiger partial charge in [0, 0.05) is 18.5 Å². The third kappa shape index (κ3) is 3.96. The maximum atomic E-state index is 12.0. The molecule has 1 heterocycles. The molecule has 22 heavy (non-hydrogen) atoms. The third-order valence-electron chi connectivity index (χ3n) is 2.94. The molecule has 0 aliphatic rings. The minimum Gasteiger partial charge on any atom is -0.493 e. The predicted octanol–water partition coefficient (Wildman–Crippen LogP) is 1.94. The van der Waals surface area contributed by atoms with Crippen LogP contribution in [0.5, 0.6) is 11.5 Å². The summed E-state index contributed by atoms with van der Waals surface area (Å²) in [7, 11) is 1.59. The Labute approximate surface area is 133 Å². The van der Waals surface area contributed by atoms with Crippen molar-refractivity contribution in [2.75, 3.05) is 13.7 Å². The monoisotopic (exact) mass is 321 g/mol. The van der Waals surface area contributed by atoms with Gasteiger partial charge >= 0.3 is 0 Å². The molecule has 3 N–H and O–H groups in total. The molecule has 0 saturated heterocycles. The van der Waals surface area contributed by atoms with Gasteiger partial charge in [-0.2, -0.15) is 0 Å². The van der Waals surface area contributed by atoms with Gasteiger partial charge in [0.05, 0.1) is 13.7 Å². The van der Waals surface area contributed by atoms with E-state index >= 15 is 0 Å². The van der Waals surface area contributed by atoms with E-state index < -0.39 is 0 Å². The molecule has 0 radical (unpaired) electrons. The Morgan fingerprint density at radius 1 is 1.41 bits per heavy atom. The second-order valence-corrected chi connectivity index (χ2v) is 5.37. The topological polar surface area (TPSA) is 86.5 Å². The summed E-state index contributed by atoms with van der Waals surface area (Å²) < 4.78 is 10.7. The Morgan fingerprint density at radius 2 is 2.23 bits per heavy atom. The summed E-state index contributed by atoms with van der Waals surface area (Å²) in [5, 5.41) is 5.28. The fourth-order valence-electron chi connectivity index (χ4n) is 1.88. The molecule has 0 aliphatic carbocycles. The lowest BCUT2D eigenvalue weighted by molar-refractivity contribution is 0.0946. The molecule has 2 rings (SSSR count). The lowest BCUT2D eigenvalue weighted by Crippen LogP contribution is -2.23. The van der Waals surface area contributed by atoms with Gasteiger partial charge in [0.2, 0.25) is 0 Å². The molecule has 0 atom stereocenters. The van der Waals surface area contributed by atoms with Crippen molar-refractivity contribution in [1.29, 1.82) is 0 Å². The number of carbonyl (C=O) groups is 1. The van der Waals surface area contributed by atoms with Crippen LogP contribution in [0, 0.1) is 0 Å². The van der Waals surface area contributed by atoms with Crippen LogP contribution in [0.3, 0.4) is 0 Å². The number of thiazole rings is 1. The van der Waals surface area contributed by atoms with Crippen LogP contribution in [0.25, 0.3) is 0 Å². The van der Waals surface area contributed by atoms with Crippen LogP contribution in [0.2, 0.25) is 0 Å². The van der Waals surface area contributed by atoms with Gasteiger partial charge in [0.25, 0.3) is 5.91 Å². The van der Waals surface area contributed by atoms with E-state index in [4.69, 9.17) is 15.2 Å². The van der Waals surface area contributed by atoms with Crippen molar-refractivity contribution in [1.82, 2.24) is 10.3 Å². The Bertz CT molecular complexity index is 643. The zero-order valence-corrected chi connectivity index (χ0v) is 13.4. The first-order valence-corrected chi connectivity index (χ1v) is 7.78. The van der Waals surface area contributed by atoms with E-state index in [0.717, 1.165) is 10.6 Å². The van der Waals surface area contributed by atoms with Crippen molar-refractivity contribution in [2.45, 2.75) is 20.0 Å². The highest BCUT2D eigenvalue weighted by Crippen LogP contribution is 2.28. The van der Waals surface area contributed by atoms with E-state index in [0.29, 0.717) is 36.9 Å². The molecule has 0 aliphatic heterocycles. The predicted molar refractivity (Wildman–Crippen MR) is 85.3 cm³/mol. The van der Waals surface area contributed by atoms with Crippen LogP contribution in [0.4, 0.5) is 0 Å². The number of benzene rings is 1. The Kier molecular flexibility index (Phi) is 5.74. The Balaban J connectivity index is 2.01. The van der Waals surface area contributed by atoms with Crippen LogP contribution in [0.15, 0.2) is 23.6 Å². The molecule has 0 fully saturated rings. The number of carbonyl (C=O) groups excluding carboxylic acids is 1. The fourth-order valence-corrected chi connectivity index (χ4v) is 2.54. The van der Waals surface area contributed by atoms with Gasteiger partial charge in [-0.15, -0.1) is 11.3 Å². The van der Waals surface area contributed by atoms with Crippen molar-refractivity contribution in [2.24, 2.45) is 5.73 Å². The summed E-state index contributed by atoms with van der Waals surface area (Å²) in [5.74, 6) is 1.12. The second-order valence-electron chi connectivity index (χ2n) is 4.43. The van der Waals surface area contributed by atoms with Gasteiger partial charge in [-0.05, 0) is 24.6 Å². The molecule has 0 spiro atoms. The molecule has 6 nitrogen and oxygen atoms in total. The van der Waals surface area contributed by atoms with E-state index in [9.17, 15) is 4.79 Å². The van der Waals surface area contributed by atoms with Crippen molar-refractivity contribution >= 4 is 17.2 Å². The number of aromatic nitrogens is 1. The fraction of sp³-hybridized carbons (Fsp3) is 0.333. The standard InChI is InChI=1S/C15H19N3O3S/c1-3-21-13-6-10(4-5-12(13)20-2)8-17-15(19)11-9-22-14(7-16)18-11/h4-6,9H,3,7-8,16H2,1-2H3,(H,17,19). The summed E-state index contributed by atoms with van der Waals surface area (Å²) in [6.07, 6.45) is 0. The maximum Gasteiger partial charge on any atom is 0.271 e. The molecule has 1 aromatic carbocycles. The number of nitrogens with zero attached hydrogens (tertiary/aromatic N) is 1. The van der Waals surface area contributed by atoms with Crippen LogP contribution in [0.1, 0.15) is 28.0 Å². The highest BCUT2D eigenvalue weighted by molar-refractivity contribution is 7.09. The Morgan fingerprint density at radius 3 is 2.86 bits per heavy atom. The maximum absolute atomic E-state index is 12.0. The molecular formula is C15H19N3O3S. The lowest BCUT2D eigenvalue weighted by Gasteiger charge is -2.11. The number of rotatable bonds is 7. The molecular weight excluding hydrogens is 302 g/mol. The smallest absolute Gasteiger partial charge is 0.271 e. The highest BCUT2D eigenvalue weighted by Gasteiger charge is 2.11. The molecule has 1 amide bonds. The van der Waals surface area contributed by atoms with E-state index in [1.807, 2.05) is 25.1 Å². The van der Waals surface area contributed by atoms with Crippen molar-refractivity contribution < 1.29 is 14.3 Å². The molecule has 118 valence electrons. The van der Waals surface area contributed by atoms with Gasteiger partial charge in [0.15, 0.2) is 11.5 Å². The van der Waals surface area contributed by atoms with Crippen molar-refractivity contribution in [3.8, 4) is 11.5 Å². The van der Waals surface area contributed by atoms with E-state index in [1.54, 1.807) is 12.5 Å². The number of ether oxygens (including phenoxy) is 2. The van der Waals surface area contributed by atoms with Crippen LogP contribution >= 0.6 is 11.3 Å². The van der Waals surface area contributed by atoms with Crippen LogP contribution in [-0.4, -0.2) is 24.6 Å². The summed E-state index contributed by atoms with van der Waals surface area (Å²) in [6.45, 7) is 3.19. The zero-order chi connectivity index (χ0) is 15.9. The summed E-state index contributed by atoms with van der Waals surface area (Å²) in [4.78, 5) is 16.2.